The van der Waals surface area contributed by atoms with Crippen LogP contribution in [0, 0.1) is 11.8 Å². The Labute approximate surface area is 121 Å². The van der Waals surface area contributed by atoms with E-state index in [0.29, 0.717) is 11.8 Å². The molecule has 1 N–H and O–H groups in total. The molecule has 2 unspecified atom stereocenters. The maximum absolute atomic E-state index is 12.8. The molecule has 1 saturated heterocycles. The van der Waals surface area contributed by atoms with Gasteiger partial charge in [-0.3, -0.25) is 9.59 Å². The lowest BCUT2D eigenvalue weighted by molar-refractivity contribution is -0.152. The van der Waals surface area contributed by atoms with E-state index in [4.69, 9.17) is 0 Å². The second kappa shape index (κ2) is 5.74. The standard InChI is InChI=1S/C16H26N2O2/c1-2-10-18-14(12-8-9-12)15(19)17-13(16(18)20)11-6-4-3-5-7-11/h11-14H,2-10H2,1H3,(H,17,19). The number of carbonyl (C=O) groups is 2. The number of rotatable bonds is 4. The maximum Gasteiger partial charge on any atom is 0.246 e. The molecule has 0 radical (unpaired) electrons. The highest BCUT2D eigenvalue weighted by atomic mass is 16.2. The SMILES string of the molecule is CCCN1C(=O)C(C2CCCCC2)NC(=O)C1C1CC1. The van der Waals surface area contributed by atoms with Gasteiger partial charge in [0.2, 0.25) is 11.8 Å². The summed E-state index contributed by atoms with van der Waals surface area (Å²) >= 11 is 0. The Morgan fingerprint density at radius 2 is 1.75 bits per heavy atom. The van der Waals surface area contributed by atoms with Crippen molar-refractivity contribution in [2.75, 3.05) is 6.54 Å². The van der Waals surface area contributed by atoms with Gasteiger partial charge in [0.15, 0.2) is 0 Å². The molecule has 3 rings (SSSR count). The van der Waals surface area contributed by atoms with Crippen LogP contribution in [-0.4, -0.2) is 35.3 Å². The molecular weight excluding hydrogens is 252 g/mol. The molecule has 4 heteroatoms. The average Bonchev–Trinajstić information content (AvgIpc) is 3.28. The van der Waals surface area contributed by atoms with Gasteiger partial charge in [-0.1, -0.05) is 26.2 Å². The third-order valence-electron chi connectivity index (χ3n) is 5.11. The Morgan fingerprint density at radius 3 is 2.35 bits per heavy atom. The van der Waals surface area contributed by atoms with Crippen molar-refractivity contribution in [3.8, 4) is 0 Å². The molecule has 0 bridgehead atoms. The summed E-state index contributed by atoms with van der Waals surface area (Å²) in [5, 5.41) is 3.07. The molecule has 4 nitrogen and oxygen atoms in total. The second-order valence-corrected chi connectivity index (χ2v) is 6.70. The third kappa shape index (κ3) is 2.57. The van der Waals surface area contributed by atoms with Gasteiger partial charge in [-0.2, -0.15) is 0 Å². The van der Waals surface area contributed by atoms with Crippen LogP contribution < -0.4 is 5.32 Å². The monoisotopic (exact) mass is 278 g/mol. The van der Waals surface area contributed by atoms with Gasteiger partial charge in [-0.25, -0.2) is 0 Å². The Kier molecular flexibility index (Phi) is 3.99. The zero-order valence-corrected chi connectivity index (χ0v) is 12.4. The van der Waals surface area contributed by atoms with Crippen molar-refractivity contribution in [3.05, 3.63) is 0 Å². The third-order valence-corrected chi connectivity index (χ3v) is 5.11. The van der Waals surface area contributed by atoms with Crippen molar-refractivity contribution >= 4 is 11.8 Å². The van der Waals surface area contributed by atoms with E-state index < -0.39 is 0 Å². The Morgan fingerprint density at radius 1 is 1.05 bits per heavy atom. The van der Waals surface area contributed by atoms with Gasteiger partial charge in [0, 0.05) is 6.54 Å². The van der Waals surface area contributed by atoms with Crippen LogP contribution in [0.5, 0.6) is 0 Å². The summed E-state index contributed by atoms with van der Waals surface area (Å²) in [7, 11) is 0. The van der Waals surface area contributed by atoms with Crippen molar-refractivity contribution in [1.82, 2.24) is 10.2 Å². The van der Waals surface area contributed by atoms with E-state index in [-0.39, 0.29) is 23.9 Å². The minimum atomic E-state index is -0.246. The molecule has 112 valence electrons. The van der Waals surface area contributed by atoms with Gasteiger partial charge in [0.1, 0.15) is 12.1 Å². The van der Waals surface area contributed by atoms with Gasteiger partial charge in [-0.15, -0.1) is 0 Å². The van der Waals surface area contributed by atoms with Crippen molar-refractivity contribution < 1.29 is 9.59 Å². The largest absolute Gasteiger partial charge is 0.342 e. The lowest BCUT2D eigenvalue weighted by Gasteiger charge is -2.42. The fraction of sp³-hybridized carbons (Fsp3) is 0.875. The van der Waals surface area contributed by atoms with Crippen LogP contribution in [0.15, 0.2) is 0 Å². The van der Waals surface area contributed by atoms with E-state index in [1.807, 2.05) is 4.90 Å². The van der Waals surface area contributed by atoms with E-state index in [9.17, 15) is 9.59 Å². The molecule has 20 heavy (non-hydrogen) atoms. The molecule has 0 spiro atoms. The van der Waals surface area contributed by atoms with E-state index in [0.717, 1.165) is 38.6 Å². The van der Waals surface area contributed by atoms with Crippen molar-refractivity contribution in [2.24, 2.45) is 11.8 Å². The van der Waals surface area contributed by atoms with Crippen molar-refractivity contribution in [2.45, 2.75) is 70.4 Å². The quantitative estimate of drug-likeness (QED) is 0.856. The second-order valence-electron chi connectivity index (χ2n) is 6.70. The van der Waals surface area contributed by atoms with E-state index in [1.165, 1.54) is 19.3 Å². The number of piperazine rings is 1. The normalized spacial score (nSPS) is 32.4. The highest BCUT2D eigenvalue weighted by Gasteiger charge is 2.49. The van der Waals surface area contributed by atoms with Crippen molar-refractivity contribution in [3.63, 3.8) is 0 Å². The first-order chi connectivity index (χ1) is 9.72. The Bertz CT molecular complexity index is 386. The number of carbonyl (C=O) groups excluding carboxylic acids is 2. The molecule has 0 aromatic heterocycles. The van der Waals surface area contributed by atoms with Crippen LogP contribution in [-0.2, 0) is 9.59 Å². The summed E-state index contributed by atoms with van der Waals surface area (Å²) in [5.74, 6) is 1.07. The van der Waals surface area contributed by atoms with Crippen LogP contribution in [0.2, 0.25) is 0 Å². The van der Waals surface area contributed by atoms with Gasteiger partial charge in [-0.05, 0) is 43.9 Å². The number of hydrogen-bond acceptors (Lipinski definition) is 2. The Balaban J connectivity index is 1.76. The first kappa shape index (κ1) is 13.9. The molecule has 0 aromatic carbocycles. The molecule has 1 heterocycles. The van der Waals surface area contributed by atoms with Crippen LogP contribution in [0.3, 0.4) is 0 Å². The minimum Gasteiger partial charge on any atom is -0.342 e. The smallest absolute Gasteiger partial charge is 0.246 e. The van der Waals surface area contributed by atoms with Crippen LogP contribution in [0.1, 0.15) is 58.3 Å². The first-order valence-electron chi connectivity index (χ1n) is 8.33. The summed E-state index contributed by atoms with van der Waals surface area (Å²) in [6, 6.07) is -0.424. The van der Waals surface area contributed by atoms with Crippen LogP contribution in [0.25, 0.3) is 0 Å². The zero-order valence-electron chi connectivity index (χ0n) is 12.4. The summed E-state index contributed by atoms with van der Waals surface area (Å²) < 4.78 is 0. The zero-order chi connectivity index (χ0) is 14.1. The predicted octanol–water partition coefficient (Wildman–Crippen LogP) is 2.08. The predicted molar refractivity (Wildman–Crippen MR) is 77.0 cm³/mol. The molecule has 1 aliphatic heterocycles. The van der Waals surface area contributed by atoms with Crippen molar-refractivity contribution in [1.29, 1.82) is 0 Å². The number of nitrogens with zero attached hydrogens (tertiary/aromatic N) is 1. The van der Waals surface area contributed by atoms with Crippen LogP contribution in [0.4, 0.5) is 0 Å². The highest BCUT2D eigenvalue weighted by Crippen LogP contribution is 2.38. The molecule has 2 amide bonds. The maximum atomic E-state index is 12.8. The molecule has 2 aliphatic carbocycles. The fourth-order valence-electron chi connectivity index (χ4n) is 3.92. The van der Waals surface area contributed by atoms with Crippen LogP contribution >= 0.6 is 0 Å². The number of nitrogens with one attached hydrogen (secondary N) is 1. The lowest BCUT2D eigenvalue weighted by Crippen LogP contribution is -2.66. The topological polar surface area (TPSA) is 49.4 Å². The fourth-order valence-corrected chi connectivity index (χ4v) is 3.92. The summed E-state index contributed by atoms with van der Waals surface area (Å²) in [6.07, 6.45) is 8.97. The van der Waals surface area contributed by atoms with Gasteiger partial charge >= 0.3 is 0 Å². The van der Waals surface area contributed by atoms with E-state index in [2.05, 4.69) is 12.2 Å². The number of hydrogen-bond donors (Lipinski definition) is 1. The highest BCUT2D eigenvalue weighted by molar-refractivity contribution is 5.97. The molecule has 3 aliphatic rings. The molecular formula is C16H26N2O2. The van der Waals surface area contributed by atoms with Gasteiger partial charge in [0.25, 0.3) is 0 Å². The summed E-state index contributed by atoms with van der Waals surface area (Å²) in [4.78, 5) is 27.2. The van der Waals surface area contributed by atoms with Gasteiger partial charge in [0.05, 0.1) is 0 Å². The van der Waals surface area contributed by atoms with Gasteiger partial charge < -0.3 is 10.2 Å². The molecule has 3 fully saturated rings. The Hall–Kier alpha value is -1.06. The number of amides is 2. The average molecular weight is 278 g/mol. The molecule has 0 aromatic rings. The minimum absolute atomic E-state index is 0.108. The lowest BCUT2D eigenvalue weighted by atomic mass is 9.82. The molecule has 2 atom stereocenters. The summed E-state index contributed by atoms with van der Waals surface area (Å²) in [6.45, 7) is 2.82. The van der Waals surface area contributed by atoms with E-state index in [1.54, 1.807) is 0 Å². The summed E-state index contributed by atoms with van der Waals surface area (Å²) in [5.41, 5.74) is 0. The first-order valence-corrected chi connectivity index (χ1v) is 8.33. The van der Waals surface area contributed by atoms with E-state index >= 15 is 0 Å². The molecule has 2 saturated carbocycles.